The summed E-state index contributed by atoms with van der Waals surface area (Å²) in [6, 6.07) is 10.3. The van der Waals surface area contributed by atoms with Gasteiger partial charge in [-0.3, -0.25) is 0 Å². The van der Waals surface area contributed by atoms with Crippen LogP contribution in [0.1, 0.15) is 51.2 Å². The van der Waals surface area contributed by atoms with Gasteiger partial charge < -0.3 is 9.47 Å². The van der Waals surface area contributed by atoms with Crippen molar-refractivity contribution in [3.63, 3.8) is 0 Å². The van der Waals surface area contributed by atoms with Crippen LogP contribution in [-0.2, 0) is 21.8 Å². The molecular weight excluding hydrogens is 452 g/mol. The lowest BCUT2D eigenvalue weighted by molar-refractivity contribution is 0.211. The summed E-state index contributed by atoms with van der Waals surface area (Å²) in [7, 11) is -3.70. The zero-order chi connectivity index (χ0) is 24.0. The highest BCUT2D eigenvalue weighted by atomic mass is 32.2. The second-order valence-electron chi connectivity index (χ2n) is 9.85. The average Bonchev–Trinajstić information content (AvgIpc) is 3.39. The Kier molecular flexibility index (Phi) is 6.14. The number of nitrogens with zero attached hydrogens (tertiary/aromatic N) is 4. The summed E-state index contributed by atoms with van der Waals surface area (Å²) in [5, 5.41) is 9.06. The normalized spacial score (nSPS) is 15.7. The van der Waals surface area contributed by atoms with Crippen LogP contribution in [0.15, 0.2) is 51.7 Å². The Hall–Kier alpha value is -2.63. The summed E-state index contributed by atoms with van der Waals surface area (Å²) >= 11 is 0.993. The van der Waals surface area contributed by atoms with Crippen molar-refractivity contribution in [2.45, 2.75) is 61.6 Å². The van der Waals surface area contributed by atoms with Gasteiger partial charge in [0, 0.05) is 30.7 Å². The lowest BCUT2D eigenvalue weighted by Gasteiger charge is -2.34. The highest BCUT2D eigenvalue weighted by Crippen LogP contribution is 2.33. The van der Waals surface area contributed by atoms with Crippen LogP contribution in [0.25, 0.3) is 11.0 Å². The molecule has 8 heteroatoms. The highest BCUT2D eigenvalue weighted by Gasteiger charge is 2.28. The van der Waals surface area contributed by atoms with Crippen LogP contribution >= 0.6 is 11.3 Å². The van der Waals surface area contributed by atoms with Gasteiger partial charge in [-0.25, -0.2) is 13.4 Å². The van der Waals surface area contributed by atoms with Crippen molar-refractivity contribution in [1.82, 2.24) is 14.5 Å². The van der Waals surface area contributed by atoms with E-state index >= 15 is 0 Å². The van der Waals surface area contributed by atoms with Crippen LogP contribution in [0.3, 0.4) is 0 Å². The van der Waals surface area contributed by atoms with E-state index in [4.69, 9.17) is 10.2 Å². The number of piperidine rings is 1. The molecule has 0 amide bonds. The molecular formula is C25H30N4O2S2. The molecule has 0 N–H and O–H groups in total. The predicted molar refractivity (Wildman–Crippen MR) is 132 cm³/mol. The number of likely N-dealkylation sites (tertiary alicyclic amines) is 1. The minimum absolute atomic E-state index is 0.175. The fourth-order valence-electron chi connectivity index (χ4n) is 4.43. The van der Waals surface area contributed by atoms with Gasteiger partial charge in [0.1, 0.15) is 21.0 Å². The number of rotatable bonds is 5. The fraction of sp³-hybridized carbons (Fsp3) is 0.440. The van der Waals surface area contributed by atoms with E-state index in [1.807, 2.05) is 12.1 Å². The number of aromatic nitrogens is 2. The zero-order valence-electron chi connectivity index (χ0n) is 19.6. The van der Waals surface area contributed by atoms with Crippen LogP contribution in [0.5, 0.6) is 0 Å². The SMILES string of the molecule is C=C(C)N1CCC(Cn2c(C(C)(C)C)nc3cc(S(=O)(=O)c4ccc(C#N)s4)ccc32)CC1. The minimum atomic E-state index is -3.70. The first kappa shape index (κ1) is 23.5. The predicted octanol–water partition coefficient (Wildman–Crippen LogP) is 5.35. The van der Waals surface area contributed by atoms with Gasteiger partial charge in [0.15, 0.2) is 0 Å². The second-order valence-corrected chi connectivity index (χ2v) is 13.1. The summed E-state index contributed by atoms with van der Waals surface area (Å²) < 4.78 is 28.8. The van der Waals surface area contributed by atoms with Crippen molar-refractivity contribution < 1.29 is 8.42 Å². The van der Waals surface area contributed by atoms with Crippen molar-refractivity contribution in [3.05, 3.63) is 53.3 Å². The largest absolute Gasteiger partial charge is 0.376 e. The topological polar surface area (TPSA) is 79.0 Å². The van der Waals surface area contributed by atoms with Gasteiger partial charge in [-0.05, 0) is 56.0 Å². The summed E-state index contributed by atoms with van der Waals surface area (Å²) in [5.41, 5.74) is 2.60. The van der Waals surface area contributed by atoms with Gasteiger partial charge in [0.2, 0.25) is 9.84 Å². The molecule has 4 rings (SSSR count). The molecule has 1 aliphatic heterocycles. The van der Waals surface area contributed by atoms with E-state index in [0.29, 0.717) is 16.3 Å². The standard InChI is InChI=1S/C25H30N4O2S2/c1-17(2)28-12-10-18(11-13-28)16-29-22-8-7-20(14-21(22)27-24(29)25(3,4)5)33(30,31)23-9-6-19(15-26)32-23/h6-9,14,18H,1,10-13,16H2,2-5H3. The molecule has 33 heavy (non-hydrogen) atoms. The van der Waals surface area contributed by atoms with E-state index in [2.05, 4.69) is 43.7 Å². The maximum absolute atomic E-state index is 13.2. The molecule has 0 radical (unpaired) electrons. The average molecular weight is 483 g/mol. The molecule has 1 aromatic carbocycles. The molecule has 0 unspecified atom stereocenters. The number of sulfone groups is 1. The number of imidazole rings is 1. The van der Waals surface area contributed by atoms with Gasteiger partial charge in [-0.1, -0.05) is 27.4 Å². The van der Waals surface area contributed by atoms with Crippen LogP contribution in [0.4, 0.5) is 0 Å². The van der Waals surface area contributed by atoms with Crippen molar-refractivity contribution in [2.75, 3.05) is 13.1 Å². The molecule has 0 aliphatic carbocycles. The van der Waals surface area contributed by atoms with Crippen LogP contribution in [-0.4, -0.2) is 36.0 Å². The Morgan fingerprint density at radius 3 is 2.52 bits per heavy atom. The van der Waals surface area contributed by atoms with E-state index in [9.17, 15) is 8.42 Å². The van der Waals surface area contributed by atoms with Crippen molar-refractivity contribution in [2.24, 2.45) is 5.92 Å². The molecule has 6 nitrogen and oxygen atoms in total. The lowest BCUT2D eigenvalue weighted by atomic mass is 9.93. The van der Waals surface area contributed by atoms with Crippen LogP contribution < -0.4 is 0 Å². The molecule has 0 atom stereocenters. The summed E-state index contributed by atoms with van der Waals surface area (Å²) in [5.74, 6) is 1.51. The molecule has 0 bridgehead atoms. The number of hydrogen-bond donors (Lipinski definition) is 0. The smallest absolute Gasteiger partial charge is 0.216 e. The van der Waals surface area contributed by atoms with Gasteiger partial charge in [0.25, 0.3) is 0 Å². The fourth-order valence-corrected chi connectivity index (χ4v) is 6.96. The molecule has 1 fully saturated rings. The number of nitriles is 1. The van der Waals surface area contributed by atoms with E-state index < -0.39 is 9.84 Å². The van der Waals surface area contributed by atoms with E-state index in [0.717, 1.165) is 60.9 Å². The first-order valence-electron chi connectivity index (χ1n) is 11.2. The minimum Gasteiger partial charge on any atom is -0.376 e. The van der Waals surface area contributed by atoms with Gasteiger partial charge in [-0.15, -0.1) is 11.3 Å². The lowest BCUT2D eigenvalue weighted by Crippen LogP contribution is -2.34. The Labute approximate surface area is 200 Å². The third-order valence-electron chi connectivity index (χ3n) is 6.25. The highest BCUT2D eigenvalue weighted by molar-refractivity contribution is 7.93. The number of benzene rings is 1. The summed E-state index contributed by atoms with van der Waals surface area (Å²) in [4.78, 5) is 7.84. The number of thiophene rings is 1. The maximum atomic E-state index is 13.2. The molecule has 1 saturated heterocycles. The van der Waals surface area contributed by atoms with Gasteiger partial charge >= 0.3 is 0 Å². The Bertz CT molecular complexity index is 1350. The van der Waals surface area contributed by atoms with Crippen LogP contribution in [0.2, 0.25) is 0 Å². The van der Waals surface area contributed by atoms with Crippen molar-refractivity contribution >= 4 is 32.2 Å². The molecule has 2 aromatic heterocycles. The molecule has 1 aliphatic rings. The van der Waals surface area contributed by atoms with E-state index in [1.54, 1.807) is 18.2 Å². The number of hydrogen-bond acceptors (Lipinski definition) is 6. The second kappa shape index (κ2) is 8.62. The number of fused-ring (bicyclic) bond motifs is 1. The van der Waals surface area contributed by atoms with Gasteiger partial charge in [0.05, 0.1) is 15.9 Å². The van der Waals surface area contributed by atoms with Crippen LogP contribution in [0, 0.1) is 17.2 Å². The quantitative estimate of drug-likeness (QED) is 0.490. The summed E-state index contributed by atoms with van der Waals surface area (Å²) in [6.07, 6.45) is 2.20. The Balaban J connectivity index is 1.70. The van der Waals surface area contributed by atoms with E-state index in [-0.39, 0.29) is 14.5 Å². The first-order chi connectivity index (χ1) is 15.5. The van der Waals surface area contributed by atoms with Gasteiger partial charge in [-0.2, -0.15) is 5.26 Å². The molecule has 0 spiro atoms. The Morgan fingerprint density at radius 1 is 1.24 bits per heavy atom. The molecule has 3 heterocycles. The Morgan fingerprint density at radius 2 is 1.94 bits per heavy atom. The van der Waals surface area contributed by atoms with Crippen molar-refractivity contribution in [1.29, 1.82) is 5.26 Å². The third kappa shape index (κ3) is 4.57. The molecule has 174 valence electrons. The molecule has 3 aromatic rings. The third-order valence-corrected chi connectivity index (χ3v) is 9.49. The molecule has 0 saturated carbocycles. The first-order valence-corrected chi connectivity index (χ1v) is 13.5. The zero-order valence-corrected chi connectivity index (χ0v) is 21.3. The van der Waals surface area contributed by atoms with E-state index in [1.165, 1.54) is 6.07 Å². The van der Waals surface area contributed by atoms with Crippen molar-refractivity contribution in [3.8, 4) is 6.07 Å². The summed E-state index contributed by atoms with van der Waals surface area (Å²) in [6.45, 7) is 15.5. The maximum Gasteiger partial charge on any atom is 0.216 e. The monoisotopic (exact) mass is 482 g/mol. The number of allylic oxidation sites excluding steroid dienone is 1.